The lowest BCUT2D eigenvalue weighted by Crippen LogP contribution is -2.11. The Kier molecular flexibility index (Phi) is 2.50. The van der Waals surface area contributed by atoms with Gasteiger partial charge in [-0.15, -0.1) is 10.2 Å². The normalized spacial score (nSPS) is 10.2. The van der Waals surface area contributed by atoms with Crippen LogP contribution in [0.2, 0.25) is 0 Å². The maximum Gasteiger partial charge on any atom is 0.327 e. The molecule has 0 atom stereocenters. The van der Waals surface area contributed by atoms with Gasteiger partial charge in [0.05, 0.1) is 0 Å². The van der Waals surface area contributed by atoms with Gasteiger partial charge in [-0.25, -0.2) is 0 Å². The Morgan fingerprint density at radius 1 is 1.44 bits per heavy atom. The minimum Gasteiger partial charge on any atom is -0.480 e. The van der Waals surface area contributed by atoms with E-state index in [-0.39, 0.29) is 6.54 Å². The van der Waals surface area contributed by atoms with Crippen LogP contribution in [0, 0.1) is 0 Å². The molecule has 3 N–H and O–H groups in total. The number of benzene rings is 1. The number of anilines is 1. The van der Waals surface area contributed by atoms with Gasteiger partial charge in [-0.2, -0.15) is 4.80 Å². The minimum atomic E-state index is -1.02. The second-order valence-electron chi connectivity index (χ2n) is 3.12. The van der Waals surface area contributed by atoms with Gasteiger partial charge in [0.2, 0.25) is 5.82 Å². The Morgan fingerprint density at radius 3 is 2.88 bits per heavy atom. The first-order valence-electron chi connectivity index (χ1n) is 4.51. The lowest BCUT2D eigenvalue weighted by atomic mass is 10.2. The molecule has 0 unspecified atom stereocenters. The van der Waals surface area contributed by atoms with Crippen molar-refractivity contribution in [2.45, 2.75) is 6.54 Å². The largest absolute Gasteiger partial charge is 0.480 e. The highest BCUT2D eigenvalue weighted by atomic mass is 16.4. The van der Waals surface area contributed by atoms with Gasteiger partial charge in [-0.1, -0.05) is 12.1 Å². The van der Waals surface area contributed by atoms with Crippen LogP contribution < -0.4 is 5.73 Å². The van der Waals surface area contributed by atoms with Gasteiger partial charge in [0.1, 0.15) is 0 Å². The number of carbonyl (C=O) groups is 1. The fourth-order valence-corrected chi connectivity index (χ4v) is 1.24. The number of rotatable bonds is 3. The molecule has 0 saturated carbocycles. The number of tetrazole rings is 1. The Bertz CT molecular complexity index is 522. The molecule has 0 aliphatic carbocycles. The van der Waals surface area contributed by atoms with Gasteiger partial charge >= 0.3 is 5.97 Å². The average molecular weight is 219 g/mol. The van der Waals surface area contributed by atoms with E-state index in [1.54, 1.807) is 24.3 Å². The van der Waals surface area contributed by atoms with Crippen molar-refractivity contribution in [2.24, 2.45) is 0 Å². The molecule has 0 aliphatic rings. The SMILES string of the molecule is Nc1ccccc1-c1nnn(CC(=O)O)n1. The topological polar surface area (TPSA) is 107 Å². The number of nitrogens with zero attached hydrogens (tertiary/aromatic N) is 4. The third-order valence-corrected chi connectivity index (χ3v) is 1.93. The van der Waals surface area contributed by atoms with Crippen molar-refractivity contribution in [3.8, 4) is 11.4 Å². The van der Waals surface area contributed by atoms with E-state index in [9.17, 15) is 4.79 Å². The minimum absolute atomic E-state index is 0.319. The van der Waals surface area contributed by atoms with Crippen molar-refractivity contribution in [2.75, 3.05) is 5.73 Å². The molecule has 7 nitrogen and oxygen atoms in total. The highest BCUT2D eigenvalue weighted by Crippen LogP contribution is 2.20. The van der Waals surface area contributed by atoms with Gasteiger partial charge < -0.3 is 10.8 Å². The first kappa shape index (κ1) is 10.1. The first-order valence-corrected chi connectivity index (χ1v) is 4.51. The van der Waals surface area contributed by atoms with E-state index < -0.39 is 5.97 Å². The molecule has 1 heterocycles. The van der Waals surface area contributed by atoms with Crippen molar-refractivity contribution in [3.63, 3.8) is 0 Å². The van der Waals surface area contributed by atoms with Crippen LogP contribution in [0.5, 0.6) is 0 Å². The Balaban J connectivity index is 2.32. The first-order chi connectivity index (χ1) is 7.66. The third kappa shape index (κ3) is 1.97. The van der Waals surface area contributed by atoms with Crippen molar-refractivity contribution in [1.29, 1.82) is 0 Å². The molecule has 0 aliphatic heterocycles. The Hall–Kier alpha value is -2.44. The number of nitrogen functional groups attached to an aromatic ring is 1. The van der Waals surface area contributed by atoms with E-state index in [0.717, 1.165) is 4.80 Å². The maximum absolute atomic E-state index is 10.4. The smallest absolute Gasteiger partial charge is 0.327 e. The van der Waals surface area contributed by atoms with Gasteiger partial charge in [0.15, 0.2) is 6.54 Å². The van der Waals surface area contributed by atoms with Crippen LogP contribution in [0.3, 0.4) is 0 Å². The predicted molar refractivity (Wildman–Crippen MR) is 55.3 cm³/mol. The van der Waals surface area contributed by atoms with Gasteiger partial charge in [-0.3, -0.25) is 4.79 Å². The molecule has 82 valence electrons. The molecule has 0 radical (unpaired) electrons. The van der Waals surface area contributed by atoms with Gasteiger partial charge in [0, 0.05) is 11.3 Å². The molecule has 0 fully saturated rings. The molecule has 0 amide bonds. The molecule has 7 heteroatoms. The maximum atomic E-state index is 10.4. The molecule has 1 aromatic carbocycles. The van der Waals surface area contributed by atoms with Crippen molar-refractivity contribution in [3.05, 3.63) is 24.3 Å². The third-order valence-electron chi connectivity index (χ3n) is 1.93. The average Bonchev–Trinajstić information content (AvgIpc) is 2.66. The molecule has 0 bridgehead atoms. The van der Waals surface area contributed by atoms with Crippen molar-refractivity contribution in [1.82, 2.24) is 20.2 Å². The molecular formula is C9H9N5O2. The lowest BCUT2D eigenvalue weighted by Gasteiger charge is -1.98. The summed E-state index contributed by atoms with van der Waals surface area (Å²) in [6, 6.07) is 7.05. The van der Waals surface area contributed by atoms with E-state index in [1.165, 1.54) is 0 Å². The van der Waals surface area contributed by atoms with Gasteiger partial charge in [-0.05, 0) is 17.3 Å². The van der Waals surface area contributed by atoms with E-state index in [4.69, 9.17) is 10.8 Å². The van der Waals surface area contributed by atoms with Crippen LogP contribution in [-0.4, -0.2) is 31.3 Å². The van der Waals surface area contributed by atoms with Crippen LogP contribution in [-0.2, 0) is 11.3 Å². The highest BCUT2D eigenvalue weighted by Gasteiger charge is 2.09. The number of hydrogen-bond acceptors (Lipinski definition) is 5. The highest BCUT2D eigenvalue weighted by molar-refractivity contribution is 5.70. The zero-order chi connectivity index (χ0) is 11.5. The summed E-state index contributed by atoms with van der Waals surface area (Å²) in [6.45, 7) is -0.320. The summed E-state index contributed by atoms with van der Waals surface area (Å²) < 4.78 is 0. The van der Waals surface area contributed by atoms with Crippen molar-refractivity contribution >= 4 is 11.7 Å². The molecule has 2 aromatic rings. The van der Waals surface area contributed by atoms with E-state index in [0.29, 0.717) is 17.1 Å². The second kappa shape index (κ2) is 3.97. The monoisotopic (exact) mass is 219 g/mol. The molecule has 0 spiro atoms. The predicted octanol–water partition coefficient (Wildman–Crippen LogP) is 0.00690. The summed E-state index contributed by atoms with van der Waals surface area (Å²) in [4.78, 5) is 11.4. The summed E-state index contributed by atoms with van der Waals surface area (Å²) in [5, 5.41) is 19.8. The molecule has 16 heavy (non-hydrogen) atoms. The number of aliphatic carboxylic acids is 1. The molecule has 0 saturated heterocycles. The summed E-state index contributed by atoms with van der Waals surface area (Å²) in [5.74, 6) is -0.704. The fraction of sp³-hybridized carbons (Fsp3) is 0.111. The van der Waals surface area contributed by atoms with Crippen LogP contribution in [0.1, 0.15) is 0 Å². The number of carboxylic acid groups (broad SMARTS) is 1. The van der Waals surface area contributed by atoms with Crippen LogP contribution in [0.15, 0.2) is 24.3 Å². The second-order valence-corrected chi connectivity index (χ2v) is 3.12. The number of nitrogens with two attached hydrogens (primary N) is 1. The van der Waals surface area contributed by atoms with Crippen LogP contribution in [0.25, 0.3) is 11.4 Å². The van der Waals surface area contributed by atoms with Crippen LogP contribution in [0.4, 0.5) is 5.69 Å². The quantitative estimate of drug-likeness (QED) is 0.704. The zero-order valence-electron chi connectivity index (χ0n) is 8.24. The Labute approximate surface area is 90.5 Å². The molecular weight excluding hydrogens is 210 g/mol. The number of hydrogen-bond donors (Lipinski definition) is 2. The van der Waals surface area contributed by atoms with Crippen LogP contribution >= 0.6 is 0 Å². The summed E-state index contributed by atoms with van der Waals surface area (Å²) in [7, 11) is 0. The Morgan fingerprint density at radius 2 is 2.19 bits per heavy atom. The van der Waals surface area contributed by atoms with E-state index in [1.807, 2.05) is 0 Å². The van der Waals surface area contributed by atoms with E-state index >= 15 is 0 Å². The summed E-state index contributed by atoms with van der Waals surface area (Å²) >= 11 is 0. The zero-order valence-corrected chi connectivity index (χ0v) is 8.24. The number of para-hydroxylation sites is 1. The lowest BCUT2D eigenvalue weighted by molar-refractivity contribution is -0.138. The summed E-state index contributed by atoms with van der Waals surface area (Å²) in [6.07, 6.45) is 0. The number of carboxylic acids is 1. The standard InChI is InChI=1S/C9H9N5O2/c10-7-4-2-1-3-6(7)9-11-13-14(12-9)5-8(15)16/h1-4H,5,10H2,(H,15,16). The number of aromatic nitrogens is 4. The molecule has 2 rings (SSSR count). The van der Waals surface area contributed by atoms with E-state index in [2.05, 4.69) is 15.4 Å². The molecule has 1 aromatic heterocycles. The summed E-state index contributed by atoms with van der Waals surface area (Å²) in [5.41, 5.74) is 6.89. The van der Waals surface area contributed by atoms with Gasteiger partial charge in [0.25, 0.3) is 0 Å². The fourth-order valence-electron chi connectivity index (χ4n) is 1.24. The van der Waals surface area contributed by atoms with Crippen molar-refractivity contribution < 1.29 is 9.90 Å².